The number of hydrogen-bond donors (Lipinski definition) is 1. The number of amides is 1. The molecule has 1 N–H and O–H groups in total. The second kappa shape index (κ2) is 7.73. The smallest absolute Gasteiger partial charge is 0.261 e. The molecule has 2 aromatic rings. The Hall–Kier alpha value is -1.91. The molecule has 29 heavy (non-hydrogen) atoms. The van der Waals surface area contributed by atoms with Crippen LogP contribution in [-0.4, -0.2) is 45.8 Å². The van der Waals surface area contributed by atoms with Crippen molar-refractivity contribution in [1.29, 1.82) is 5.26 Å². The first-order chi connectivity index (χ1) is 13.7. The monoisotopic (exact) mass is 413 g/mol. The van der Waals surface area contributed by atoms with Crippen LogP contribution in [-0.2, 0) is 6.54 Å². The molecule has 4 rings (SSSR count). The Balaban J connectivity index is 1.36. The number of carbonyl (C=O) groups excluding carboxylic acids is 1. The van der Waals surface area contributed by atoms with E-state index in [4.69, 9.17) is 5.26 Å². The molecule has 2 fully saturated rings. The van der Waals surface area contributed by atoms with Gasteiger partial charge in [0.15, 0.2) is 0 Å². The minimum absolute atomic E-state index is 0.0462. The van der Waals surface area contributed by atoms with Crippen LogP contribution in [0.4, 0.5) is 0 Å². The summed E-state index contributed by atoms with van der Waals surface area (Å²) in [6.07, 6.45) is 4.25. The summed E-state index contributed by atoms with van der Waals surface area (Å²) in [4.78, 5) is 17.2. The van der Waals surface area contributed by atoms with E-state index in [9.17, 15) is 4.79 Å². The van der Waals surface area contributed by atoms with E-state index in [1.54, 1.807) is 11.3 Å². The zero-order valence-electron chi connectivity index (χ0n) is 17.9. The van der Waals surface area contributed by atoms with Crippen LogP contribution < -0.4 is 5.32 Å². The lowest BCUT2D eigenvalue weighted by Crippen LogP contribution is -2.53. The molecule has 0 radical (unpaired) electrons. The zero-order valence-corrected chi connectivity index (χ0v) is 18.7. The van der Waals surface area contributed by atoms with Crippen molar-refractivity contribution >= 4 is 27.5 Å². The summed E-state index contributed by atoms with van der Waals surface area (Å²) in [5, 5.41) is 18.0. The van der Waals surface area contributed by atoms with E-state index >= 15 is 0 Å². The molecule has 1 aliphatic carbocycles. The Morgan fingerprint density at radius 3 is 2.62 bits per heavy atom. The standard InChI is InChI=1S/C22H31N5OS/c1-14-18-9-19(29-21(18)27(25-14)13-22(2,3)4)20(28)24-16-5-7-17(8-6-16)26-11-15(10-23)12-26/h9,15-17H,5-8,11-13H2,1-4H3,(H,24,28). The summed E-state index contributed by atoms with van der Waals surface area (Å²) in [6.45, 7) is 11.3. The van der Waals surface area contributed by atoms with Crippen molar-refractivity contribution in [1.82, 2.24) is 20.0 Å². The first-order valence-electron chi connectivity index (χ1n) is 10.6. The molecule has 3 heterocycles. The van der Waals surface area contributed by atoms with Crippen molar-refractivity contribution < 1.29 is 4.79 Å². The quantitative estimate of drug-likeness (QED) is 0.824. The second-order valence-electron chi connectivity index (χ2n) is 9.89. The van der Waals surface area contributed by atoms with E-state index < -0.39 is 0 Å². The number of rotatable bonds is 4. The van der Waals surface area contributed by atoms with Gasteiger partial charge < -0.3 is 5.32 Å². The number of nitriles is 1. The third-order valence-electron chi connectivity index (χ3n) is 6.10. The fourth-order valence-electron chi connectivity index (χ4n) is 4.52. The highest BCUT2D eigenvalue weighted by molar-refractivity contribution is 7.20. The molecule has 1 saturated carbocycles. The van der Waals surface area contributed by atoms with Crippen molar-refractivity contribution in [3.8, 4) is 6.07 Å². The molecule has 6 nitrogen and oxygen atoms in total. The summed E-state index contributed by atoms with van der Waals surface area (Å²) in [5.41, 5.74) is 1.13. The Kier molecular flexibility index (Phi) is 5.43. The maximum atomic E-state index is 12.9. The third-order valence-corrected chi connectivity index (χ3v) is 7.24. The highest BCUT2D eigenvalue weighted by atomic mass is 32.1. The highest BCUT2D eigenvalue weighted by Crippen LogP contribution is 2.32. The number of nitrogens with one attached hydrogen (secondary N) is 1. The molecular weight excluding hydrogens is 382 g/mol. The van der Waals surface area contributed by atoms with Gasteiger partial charge in [0.25, 0.3) is 5.91 Å². The summed E-state index contributed by atoms with van der Waals surface area (Å²) in [7, 11) is 0. The highest BCUT2D eigenvalue weighted by Gasteiger charge is 2.34. The van der Waals surface area contributed by atoms with E-state index in [-0.39, 0.29) is 23.3 Å². The van der Waals surface area contributed by atoms with Gasteiger partial charge in [-0.1, -0.05) is 20.8 Å². The minimum atomic E-state index is 0.0462. The van der Waals surface area contributed by atoms with Gasteiger partial charge in [-0.2, -0.15) is 10.4 Å². The number of aryl methyl sites for hydroxylation is 1. The van der Waals surface area contributed by atoms with E-state index in [1.807, 2.05) is 13.0 Å². The van der Waals surface area contributed by atoms with Crippen LogP contribution in [0.5, 0.6) is 0 Å². The van der Waals surface area contributed by atoms with Gasteiger partial charge in [0.2, 0.25) is 0 Å². The maximum Gasteiger partial charge on any atom is 0.261 e. The van der Waals surface area contributed by atoms with Gasteiger partial charge in [0, 0.05) is 37.1 Å². The number of hydrogen-bond acceptors (Lipinski definition) is 5. The van der Waals surface area contributed by atoms with Crippen LogP contribution in [0.3, 0.4) is 0 Å². The molecule has 1 aliphatic heterocycles. The van der Waals surface area contributed by atoms with Gasteiger partial charge in [-0.3, -0.25) is 14.4 Å². The fraction of sp³-hybridized carbons (Fsp3) is 0.682. The molecule has 1 saturated heterocycles. The SMILES string of the molecule is Cc1nn(CC(C)(C)C)c2sc(C(=O)NC3CCC(N4CC(C#N)C4)CC3)cc12. The number of likely N-dealkylation sites (tertiary alicyclic amines) is 1. The van der Waals surface area contributed by atoms with Crippen LogP contribution >= 0.6 is 11.3 Å². The fourth-order valence-corrected chi connectivity index (χ4v) is 5.58. The third kappa shape index (κ3) is 4.34. The summed E-state index contributed by atoms with van der Waals surface area (Å²) in [5.74, 6) is 0.267. The Morgan fingerprint density at radius 2 is 2.00 bits per heavy atom. The molecule has 2 aliphatic rings. The van der Waals surface area contributed by atoms with Gasteiger partial charge in [0.1, 0.15) is 4.83 Å². The van der Waals surface area contributed by atoms with E-state index in [1.165, 1.54) is 0 Å². The van der Waals surface area contributed by atoms with Crippen molar-refractivity contribution in [2.24, 2.45) is 11.3 Å². The molecule has 0 atom stereocenters. The average Bonchev–Trinajstić information content (AvgIpc) is 3.16. The zero-order chi connectivity index (χ0) is 20.8. The van der Waals surface area contributed by atoms with E-state index in [2.05, 4.69) is 46.8 Å². The lowest BCUT2D eigenvalue weighted by Gasteiger charge is -2.44. The van der Waals surface area contributed by atoms with Gasteiger partial charge >= 0.3 is 0 Å². The number of aromatic nitrogens is 2. The first kappa shape index (κ1) is 20.4. The van der Waals surface area contributed by atoms with Crippen molar-refractivity contribution in [2.45, 2.75) is 72.0 Å². The summed E-state index contributed by atoms with van der Waals surface area (Å²) < 4.78 is 2.05. The Bertz CT molecular complexity index is 933. The normalized spacial score (nSPS) is 23.7. The van der Waals surface area contributed by atoms with Crippen LogP contribution in [0.25, 0.3) is 10.2 Å². The van der Waals surface area contributed by atoms with Gasteiger partial charge in [-0.25, -0.2) is 0 Å². The molecule has 0 spiro atoms. The topological polar surface area (TPSA) is 74.0 Å². The van der Waals surface area contributed by atoms with Crippen molar-refractivity contribution in [3.63, 3.8) is 0 Å². The van der Waals surface area contributed by atoms with Gasteiger partial charge in [-0.15, -0.1) is 11.3 Å². The van der Waals surface area contributed by atoms with Crippen molar-refractivity contribution in [3.05, 3.63) is 16.6 Å². The van der Waals surface area contributed by atoms with Crippen LogP contribution in [0, 0.1) is 29.6 Å². The lowest BCUT2D eigenvalue weighted by molar-refractivity contribution is 0.0529. The molecule has 2 aromatic heterocycles. The number of carbonyl (C=O) groups is 1. The molecule has 0 bridgehead atoms. The number of fused-ring (bicyclic) bond motifs is 1. The minimum Gasteiger partial charge on any atom is -0.349 e. The second-order valence-corrected chi connectivity index (χ2v) is 10.9. The maximum absolute atomic E-state index is 12.9. The van der Waals surface area contributed by atoms with Gasteiger partial charge in [-0.05, 0) is 44.1 Å². The average molecular weight is 414 g/mol. The number of thiophene rings is 1. The predicted octanol–water partition coefficient (Wildman–Crippen LogP) is 3.95. The number of nitrogens with zero attached hydrogens (tertiary/aromatic N) is 4. The van der Waals surface area contributed by atoms with Crippen molar-refractivity contribution in [2.75, 3.05) is 13.1 Å². The molecule has 7 heteroatoms. The molecule has 0 aromatic carbocycles. The predicted molar refractivity (Wildman–Crippen MR) is 116 cm³/mol. The van der Waals surface area contributed by atoms with Gasteiger partial charge in [0.05, 0.1) is 22.6 Å². The lowest BCUT2D eigenvalue weighted by atomic mass is 9.87. The largest absolute Gasteiger partial charge is 0.349 e. The van der Waals surface area contributed by atoms with Crippen LogP contribution in [0.1, 0.15) is 61.8 Å². The molecular formula is C22H31N5OS. The molecule has 156 valence electrons. The van der Waals surface area contributed by atoms with E-state index in [0.29, 0.717) is 6.04 Å². The molecule has 0 unspecified atom stereocenters. The summed E-state index contributed by atoms with van der Waals surface area (Å²) in [6, 6.07) is 5.19. The van der Waals surface area contributed by atoms with Crippen LogP contribution in [0.2, 0.25) is 0 Å². The van der Waals surface area contributed by atoms with Crippen LogP contribution in [0.15, 0.2) is 6.07 Å². The van der Waals surface area contributed by atoms with E-state index in [0.717, 1.165) is 66.1 Å². The summed E-state index contributed by atoms with van der Waals surface area (Å²) >= 11 is 1.55. The Morgan fingerprint density at radius 1 is 1.31 bits per heavy atom. The molecule has 1 amide bonds. The first-order valence-corrected chi connectivity index (χ1v) is 11.5. The Labute approximate surface area is 176 Å².